The van der Waals surface area contributed by atoms with E-state index in [-0.39, 0.29) is 5.91 Å². The summed E-state index contributed by atoms with van der Waals surface area (Å²) in [6.07, 6.45) is 7.14. The minimum Gasteiger partial charge on any atom is -0.464 e. The molecule has 152 valence electrons. The Hall–Kier alpha value is -1.81. The van der Waals surface area contributed by atoms with Gasteiger partial charge in [-0.2, -0.15) is 0 Å². The van der Waals surface area contributed by atoms with Crippen LogP contribution in [-0.2, 0) is 11.2 Å². The molecule has 0 bridgehead atoms. The molecule has 0 N–H and O–H groups in total. The average molecular weight is 383 g/mol. The van der Waals surface area contributed by atoms with Crippen molar-refractivity contribution < 1.29 is 9.21 Å². The molecule has 1 aromatic heterocycles. The van der Waals surface area contributed by atoms with Crippen LogP contribution in [0.4, 0.5) is 0 Å². The highest BCUT2D eigenvalue weighted by Gasteiger charge is 2.44. The Labute approximate surface area is 168 Å². The summed E-state index contributed by atoms with van der Waals surface area (Å²) >= 11 is 0. The maximum absolute atomic E-state index is 13.1. The number of aryl methyl sites for hydroxylation is 3. The smallest absolute Gasteiger partial charge is 0.227 e. The van der Waals surface area contributed by atoms with Gasteiger partial charge in [0.15, 0.2) is 0 Å². The standard InChI is InChI=1S/C24H34N2O2/c1-14-7-15(2)23-19(13-28-24(23)16(14)3)12-22(27)26(6)21-10-17-8-20(25(4)5)9-18(17)11-21/h7,13,17-18,20-21H,8-12H2,1-6H3/t17-,18+,20?,21?. The minimum absolute atomic E-state index is 0.217. The van der Waals surface area contributed by atoms with Crippen molar-refractivity contribution in [3.05, 3.63) is 34.6 Å². The van der Waals surface area contributed by atoms with Crippen LogP contribution in [0.2, 0.25) is 0 Å². The summed E-state index contributed by atoms with van der Waals surface area (Å²) in [5.74, 6) is 1.79. The molecule has 4 heteroatoms. The number of amides is 1. The van der Waals surface area contributed by atoms with Crippen LogP contribution in [0.15, 0.2) is 16.7 Å². The molecule has 28 heavy (non-hydrogen) atoms. The highest BCUT2D eigenvalue weighted by atomic mass is 16.3. The van der Waals surface area contributed by atoms with Crippen LogP contribution < -0.4 is 0 Å². The third-order valence-electron chi connectivity index (χ3n) is 7.61. The average Bonchev–Trinajstić information content (AvgIpc) is 3.31. The van der Waals surface area contributed by atoms with E-state index < -0.39 is 0 Å². The van der Waals surface area contributed by atoms with Crippen LogP contribution in [0.1, 0.15) is 47.9 Å². The lowest BCUT2D eigenvalue weighted by molar-refractivity contribution is -0.131. The van der Waals surface area contributed by atoms with E-state index in [9.17, 15) is 4.79 Å². The zero-order valence-electron chi connectivity index (χ0n) is 18.2. The van der Waals surface area contributed by atoms with Gasteiger partial charge in [0, 0.05) is 30.1 Å². The second-order valence-corrected chi connectivity index (χ2v) is 9.52. The van der Waals surface area contributed by atoms with Crippen molar-refractivity contribution in [2.75, 3.05) is 21.1 Å². The molecule has 0 aliphatic heterocycles. The molecule has 1 amide bonds. The van der Waals surface area contributed by atoms with Gasteiger partial charge in [0.1, 0.15) is 5.58 Å². The summed E-state index contributed by atoms with van der Waals surface area (Å²) in [6.45, 7) is 6.32. The number of benzene rings is 1. The Morgan fingerprint density at radius 2 is 1.61 bits per heavy atom. The fourth-order valence-electron chi connectivity index (χ4n) is 5.70. The SMILES string of the molecule is Cc1cc(C)c2c(CC(=O)N(C)C3C[C@H]4CC(N(C)C)C[C@H]4C3)coc2c1C. The predicted molar refractivity (Wildman–Crippen MR) is 114 cm³/mol. The van der Waals surface area contributed by atoms with Gasteiger partial charge < -0.3 is 14.2 Å². The van der Waals surface area contributed by atoms with Crippen LogP contribution in [0.5, 0.6) is 0 Å². The number of nitrogens with zero attached hydrogens (tertiary/aromatic N) is 2. The maximum Gasteiger partial charge on any atom is 0.227 e. The number of hydrogen-bond donors (Lipinski definition) is 0. The van der Waals surface area contributed by atoms with E-state index >= 15 is 0 Å². The van der Waals surface area contributed by atoms with E-state index in [2.05, 4.69) is 45.8 Å². The Morgan fingerprint density at radius 3 is 2.21 bits per heavy atom. The number of likely N-dealkylation sites (N-methyl/N-ethyl adjacent to an activating group) is 1. The van der Waals surface area contributed by atoms with E-state index in [1.165, 1.54) is 42.4 Å². The summed E-state index contributed by atoms with van der Waals surface area (Å²) < 4.78 is 5.87. The predicted octanol–water partition coefficient (Wildman–Crippen LogP) is 4.48. The summed E-state index contributed by atoms with van der Waals surface area (Å²) in [4.78, 5) is 17.5. The fourth-order valence-corrected chi connectivity index (χ4v) is 5.70. The van der Waals surface area contributed by atoms with Crippen LogP contribution >= 0.6 is 0 Å². The Kier molecular flexibility index (Phi) is 5.03. The van der Waals surface area contributed by atoms with Crippen molar-refractivity contribution in [3.63, 3.8) is 0 Å². The quantitative estimate of drug-likeness (QED) is 0.782. The molecule has 0 spiro atoms. The van der Waals surface area contributed by atoms with E-state index in [1.54, 1.807) is 6.26 Å². The molecule has 1 aromatic carbocycles. The van der Waals surface area contributed by atoms with E-state index in [0.717, 1.165) is 34.4 Å². The molecule has 2 unspecified atom stereocenters. The number of hydrogen-bond acceptors (Lipinski definition) is 3. The van der Waals surface area contributed by atoms with Gasteiger partial charge in [0.05, 0.1) is 12.7 Å². The molecule has 4 atom stereocenters. The zero-order valence-corrected chi connectivity index (χ0v) is 18.2. The first kappa shape index (κ1) is 19.5. The van der Waals surface area contributed by atoms with Gasteiger partial charge >= 0.3 is 0 Å². The van der Waals surface area contributed by atoms with Gasteiger partial charge in [-0.15, -0.1) is 0 Å². The van der Waals surface area contributed by atoms with Crippen molar-refractivity contribution in [1.82, 2.24) is 9.80 Å². The molecular weight excluding hydrogens is 348 g/mol. The third kappa shape index (κ3) is 3.26. The van der Waals surface area contributed by atoms with Gasteiger partial charge in [0.2, 0.25) is 5.91 Å². The normalized spacial score (nSPS) is 27.0. The molecule has 0 radical (unpaired) electrons. The lowest BCUT2D eigenvalue weighted by Gasteiger charge is -2.27. The lowest BCUT2D eigenvalue weighted by atomic mass is 9.98. The van der Waals surface area contributed by atoms with Crippen LogP contribution in [-0.4, -0.2) is 48.9 Å². The maximum atomic E-state index is 13.1. The van der Waals surface area contributed by atoms with E-state index in [4.69, 9.17) is 4.42 Å². The van der Waals surface area contributed by atoms with Gasteiger partial charge in [0.25, 0.3) is 0 Å². The molecule has 0 saturated heterocycles. The molecule has 2 fully saturated rings. The summed E-state index contributed by atoms with van der Waals surface area (Å²) in [7, 11) is 6.39. The van der Waals surface area contributed by atoms with E-state index in [1.807, 2.05) is 11.9 Å². The number of furan rings is 1. The topological polar surface area (TPSA) is 36.7 Å². The molecule has 4 rings (SSSR count). The van der Waals surface area contributed by atoms with Crippen molar-refractivity contribution >= 4 is 16.9 Å². The monoisotopic (exact) mass is 382 g/mol. The number of carbonyl (C=O) groups excluding carboxylic acids is 1. The molecular formula is C24H34N2O2. The number of carbonyl (C=O) groups is 1. The molecule has 2 saturated carbocycles. The second kappa shape index (κ2) is 7.22. The number of fused-ring (bicyclic) bond motifs is 2. The van der Waals surface area contributed by atoms with Crippen LogP contribution in [0.3, 0.4) is 0 Å². The van der Waals surface area contributed by atoms with Gasteiger partial charge in [-0.25, -0.2) is 0 Å². The van der Waals surface area contributed by atoms with Crippen LogP contribution in [0, 0.1) is 32.6 Å². The molecule has 2 aliphatic carbocycles. The molecule has 2 aromatic rings. The van der Waals surface area contributed by atoms with Gasteiger partial charge in [-0.3, -0.25) is 4.79 Å². The van der Waals surface area contributed by atoms with Crippen molar-refractivity contribution in [2.45, 2.75) is 65.0 Å². The van der Waals surface area contributed by atoms with Crippen molar-refractivity contribution in [1.29, 1.82) is 0 Å². The Bertz CT molecular complexity index is 884. The van der Waals surface area contributed by atoms with Crippen LogP contribution in [0.25, 0.3) is 11.0 Å². The van der Waals surface area contributed by atoms with Crippen molar-refractivity contribution in [3.8, 4) is 0 Å². The molecule has 1 heterocycles. The fraction of sp³-hybridized carbons (Fsp3) is 0.625. The first-order valence-electron chi connectivity index (χ1n) is 10.6. The molecule has 4 nitrogen and oxygen atoms in total. The summed E-state index contributed by atoms with van der Waals surface area (Å²) in [5.41, 5.74) is 5.57. The molecule has 2 aliphatic rings. The minimum atomic E-state index is 0.217. The summed E-state index contributed by atoms with van der Waals surface area (Å²) in [5, 5.41) is 1.13. The second-order valence-electron chi connectivity index (χ2n) is 9.52. The third-order valence-corrected chi connectivity index (χ3v) is 7.61. The van der Waals surface area contributed by atoms with E-state index in [0.29, 0.717) is 12.5 Å². The first-order valence-corrected chi connectivity index (χ1v) is 10.6. The van der Waals surface area contributed by atoms with Gasteiger partial charge in [-0.05, 0) is 89.1 Å². The first-order chi connectivity index (χ1) is 13.3. The number of rotatable bonds is 4. The van der Waals surface area contributed by atoms with Gasteiger partial charge in [-0.1, -0.05) is 6.07 Å². The van der Waals surface area contributed by atoms with Crippen molar-refractivity contribution in [2.24, 2.45) is 11.8 Å². The Balaban J connectivity index is 1.45. The lowest BCUT2D eigenvalue weighted by Crippen LogP contribution is -2.37. The highest BCUT2D eigenvalue weighted by Crippen LogP contribution is 2.46. The largest absolute Gasteiger partial charge is 0.464 e. The highest BCUT2D eigenvalue weighted by molar-refractivity contribution is 5.92. The zero-order chi connectivity index (χ0) is 20.2. The summed E-state index contributed by atoms with van der Waals surface area (Å²) in [6, 6.07) is 3.32. The Morgan fingerprint density at radius 1 is 1.00 bits per heavy atom.